The number of carboxylic acids is 1. The molecule has 0 saturated carbocycles. The number of rotatable bonds is 6. The molecule has 0 spiro atoms. The molecular weight excluding hydrogens is 172 g/mol. The number of aliphatic hydroxyl groups excluding tert-OH is 2. The van der Waals surface area contributed by atoms with Crippen molar-refractivity contribution < 1.29 is 20.1 Å². The first-order chi connectivity index (χ1) is 6.06. The van der Waals surface area contributed by atoms with Gasteiger partial charge in [0.25, 0.3) is 0 Å². The van der Waals surface area contributed by atoms with Crippen LogP contribution in [0.5, 0.6) is 0 Å². The predicted molar refractivity (Wildman–Crippen MR) is 48.3 cm³/mol. The molecule has 2 atom stereocenters. The van der Waals surface area contributed by atoms with Gasteiger partial charge in [0.05, 0.1) is 18.6 Å². The predicted octanol–water partition coefficient (Wildman–Crippen LogP) is 0.539. The molecule has 0 heterocycles. The van der Waals surface area contributed by atoms with Crippen LogP contribution in [0.15, 0.2) is 12.2 Å². The maximum atomic E-state index is 10.1. The molecule has 76 valence electrons. The van der Waals surface area contributed by atoms with E-state index in [1.807, 2.05) is 6.92 Å². The summed E-state index contributed by atoms with van der Waals surface area (Å²) in [5.74, 6) is -1.05. The number of aliphatic hydroxyl groups is 2. The third-order valence-corrected chi connectivity index (χ3v) is 1.60. The van der Waals surface area contributed by atoms with Crippen molar-refractivity contribution >= 4 is 5.97 Å². The molecule has 2 unspecified atom stereocenters. The van der Waals surface area contributed by atoms with Crippen molar-refractivity contribution in [2.24, 2.45) is 0 Å². The second-order valence-corrected chi connectivity index (χ2v) is 2.95. The normalized spacial score (nSPS) is 15.9. The summed E-state index contributed by atoms with van der Waals surface area (Å²) in [4.78, 5) is 10.1. The molecule has 0 bridgehead atoms. The first-order valence-electron chi connectivity index (χ1n) is 4.25. The fourth-order valence-corrected chi connectivity index (χ4v) is 0.988. The molecule has 0 aliphatic carbocycles. The maximum absolute atomic E-state index is 10.1. The molecule has 0 aromatic rings. The van der Waals surface area contributed by atoms with Gasteiger partial charge in [0.1, 0.15) is 0 Å². The quantitative estimate of drug-likeness (QED) is 0.531. The van der Waals surface area contributed by atoms with Gasteiger partial charge in [-0.1, -0.05) is 12.2 Å². The molecular formula is C9H16O4. The third-order valence-electron chi connectivity index (χ3n) is 1.60. The largest absolute Gasteiger partial charge is 0.481 e. The highest BCUT2D eigenvalue weighted by atomic mass is 16.4. The topological polar surface area (TPSA) is 77.8 Å². The number of carbonyl (C=O) groups is 1. The average molecular weight is 188 g/mol. The van der Waals surface area contributed by atoms with Crippen LogP contribution >= 0.6 is 0 Å². The van der Waals surface area contributed by atoms with Crippen LogP contribution in [-0.4, -0.2) is 33.5 Å². The Kier molecular flexibility index (Phi) is 6.18. The summed E-state index contributed by atoms with van der Waals surface area (Å²) in [5.41, 5.74) is 0. The smallest absolute Gasteiger partial charge is 0.305 e. The fraction of sp³-hybridized carbons (Fsp3) is 0.667. The molecule has 0 aromatic carbocycles. The molecule has 0 fully saturated rings. The van der Waals surface area contributed by atoms with Crippen LogP contribution in [0.4, 0.5) is 0 Å². The minimum Gasteiger partial charge on any atom is -0.481 e. The molecule has 4 nitrogen and oxygen atoms in total. The lowest BCUT2D eigenvalue weighted by molar-refractivity contribution is -0.139. The van der Waals surface area contributed by atoms with Gasteiger partial charge in [-0.05, 0) is 13.3 Å². The highest BCUT2D eigenvalue weighted by molar-refractivity contribution is 5.67. The van der Waals surface area contributed by atoms with Gasteiger partial charge in [-0.25, -0.2) is 0 Å². The number of hydrogen-bond acceptors (Lipinski definition) is 3. The molecule has 13 heavy (non-hydrogen) atoms. The van der Waals surface area contributed by atoms with E-state index in [-0.39, 0.29) is 12.8 Å². The van der Waals surface area contributed by atoms with Gasteiger partial charge in [0, 0.05) is 6.42 Å². The molecule has 0 aliphatic heterocycles. The Hall–Kier alpha value is -0.870. The van der Waals surface area contributed by atoms with Crippen LogP contribution in [0.25, 0.3) is 0 Å². The lowest BCUT2D eigenvalue weighted by Crippen LogP contribution is -2.20. The van der Waals surface area contributed by atoms with Crippen LogP contribution in [0.3, 0.4) is 0 Å². The van der Waals surface area contributed by atoms with Gasteiger partial charge in [0.2, 0.25) is 0 Å². The van der Waals surface area contributed by atoms with Gasteiger partial charge in [-0.15, -0.1) is 0 Å². The Balaban J connectivity index is 3.64. The lowest BCUT2D eigenvalue weighted by Gasteiger charge is -2.11. The summed E-state index contributed by atoms with van der Waals surface area (Å²) in [6.45, 7) is 1.83. The summed E-state index contributed by atoms with van der Waals surface area (Å²) in [6.07, 6.45) is 2.20. The Bertz CT molecular complexity index is 176. The van der Waals surface area contributed by atoms with Crippen molar-refractivity contribution in [2.45, 2.75) is 38.4 Å². The molecule has 0 rings (SSSR count). The van der Waals surface area contributed by atoms with Crippen LogP contribution < -0.4 is 0 Å². The van der Waals surface area contributed by atoms with Crippen LogP contribution in [0.1, 0.15) is 26.2 Å². The Morgan fingerprint density at radius 3 is 2.46 bits per heavy atom. The van der Waals surface area contributed by atoms with Gasteiger partial charge in [-0.3, -0.25) is 4.79 Å². The van der Waals surface area contributed by atoms with Crippen molar-refractivity contribution in [1.82, 2.24) is 0 Å². The van der Waals surface area contributed by atoms with E-state index in [0.29, 0.717) is 6.42 Å². The fourth-order valence-electron chi connectivity index (χ4n) is 0.988. The minimum atomic E-state index is -1.05. The van der Waals surface area contributed by atoms with E-state index in [0.717, 1.165) is 0 Å². The molecule has 0 aromatic heterocycles. The highest BCUT2D eigenvalue weighted by Gasteiger charge is 2.13. The zero-order valence-electron chi connectivity index (χ0n) is 7.68. The minimum absolute atomic E-state index is 0.108. The molecule has 0 saturated heterocycles. The first kappa shape index (κ1) is 12.1. The average Bonchev–Trinajstić information content (AvgIpc) is 1.98. The Morgan fingerprint density at radius 2 is 2.00 bits per heavy atom. The second-order valence-electron chi connectivity index (χ2n) is 2.95. The van der Waals surface area contributed by atoms with Crippen molar-refractivity contribution in [1.29, 1.82) is 0 Å². The summed E-state index contributed by atoms with van der Waals surface area (Å²) in [7, 11) is 0. The maximum Gasteiger partial charge on any atom is 0.305 e. The van der Waals surface area contributed by atoms with E-state index >= 15 is 0 Å². The molecule has 4 heteroatoms. The van der Waals surface area contributed by atoms with Crippen molar-refractivity contribution in [2.75, 3.05) is 0 Å². The van der Waals surface area contributed by atoms with E-state index in [1.54, 1.807) is 12.2 Å². The van der Waals surface area contributed by atoms with Crippen LogP contribution in [-0.2, 0) is 4.79 Å². The SMILES string of the molecule is C/C=C/CC(O)CC(O)CC(=O)O. The summed E-state index contributed by atoms with van der Waals surface area (Å²) < 4.78 is 0. The monoisotopic (exact) mass is 188 g/mol. The zero-order chi connectivity index (χ0) is 10.3. The Labute approximate surface area is 77.5 Å². The van der Waals surface area contributed by atoms with Gasteiger partial charge < -0.3 is 15.3 Å². The van der Waals surface area contributed by atoms with Gasteiger partial charge >= 0.3 is 5.97 Å². The van der Waals surface area contributed by atoms with E-state index in [4.69, 9.17) is 10.2 Å². The second kappa shape index (κ2) is 6.62. The lowest BCUT2D eigenvalue weighted by atomic mass is 10.1. The molecule has 3 N–H and O–H groups in total. The van der Waals surface area contributed by atoms with Crippen molar-refractivity contribution in [3.63, 3.8) is 0 Å². The number of aliphatic carboxylic acids is 1. The highest BCUT2D eigenvalue weighted by Crippen LogP contribution is 2.06. The Morgan fingerprint density at radius 1 is 1.38 bits per heavy atom. The van der Waals surface area contributed by atoms with Crippen molar-refractivity contribution in [3.8, 4) is 0 Å². The number of hydrogen-bond donors (Lipinski definition) is 3. The first-order valence-corrected chi connectivity index (χ1v) is 4.25. The van der Waals surface area contributed by atoms with Crippen LogP contribution in [0, 0.1) is 0 Å². The van der Waals surface area contributed by atoms with Crippen molar-refractivity contribution in [3.05, 3.63) is 12.2 Å². The molecule has 0 radical (unpaired) electrons. The summed E-state index contributed by atoms with van der Waals surface area (Å²) in [5, 5.41) is 26.7. The third kappa shape index (κ3) is 7.49. The standard InChI is InChI=1S/C9H16O4/c1-2-3-4-7(10)5-8(11)6-9(12)13/h2-3,7-8,10-11H,4-6H2,1H3,(H,12,13)/b3-2+. The molecule has 0 aliphatic rings. The summed E-state index contributed by atoms with van der Waals surface area (Å²) >= 11 is 0. The van der Waals surface area contributed by atoms with E-state index < -0.39 is 18.2 Å². The van der Waals surface area contributed by atoms with Gasteiger partial charge in [0.15, 0.2) is 0 Å². The zero-order valence-corrected chi connectivity index (χ0v) is 7.68. The number of allylic oxidation sites excluding steroid dienone is 1. The van der Waals surface area contributed by atoms with Gasteiger partial charge in [-0.2, -0.15) is 0 Å². The molecule has 0 amide bonds. The van der Waals surface area contributed by atoms with E-state index in [2.05, 4.69) is 0 Å². The van der Waals surface area contributed by atoms with E-state index in [9.17, 15) is 9.90 Å². The summed E-state index contributed by atoms with van der Waals surface area (Å²) in [6, 6.07) is 0. The van der Waals surface area contributed by atoms with Crippen LogP contribution in [0.2, 0.25) is 0 Å². The van der Waals surface area contributed by atoms with E-state index in [1.165, 1.54) is 0 Å². The number of carboxylic acid groups (broad SMARTS) is 1.